The number of esters is 1. The number of halogens is 2. The second-order valence-electron chi connectivity index (χ2n) is 3.74. The van der Waals surface area contributed by atoms with E-state index in [1.54, 1.807) is 19.1 Å². The average Bonchev–Trinajstić information content (AvgIpc) is 2.38. The van der Waals surface area contributed by atoms with Gasteiger partial charge in [0, 0.05) is 11.8 Å². The van der Waals surface area contributed by atoms with Crippen LogP contribution in [-0.4, -0.2) is 23.7 Å². The van der Waals surface area contributed by atoms with Gasteiger partial charge in [-0.1, -0.05) is 37.9 Å². The highest BCUT2D eigenvalue weighted by molar-refractivity contribution is 9.09. The maximum absolute atomic E-state index is 11.7. The standard InChI is InChI=1S/C13H14Br2O3/c1-2-18-13(17)11-4-9(6-12(16)8-15)3-10(5-11)7-14/h3-5H,2,6-8H2,1H3. The number of ether oxygens (including phenoxy) is 1. The third kappa shape index (κ3) is 4.53. The molecule has 1 rings (SSSR count). The number of benzene rings is 1. The predicted octanol–water partition coefficient (Wildman–Crippen LogP) is 3.26. The first-order valence-corrected chi connectivity index (χ1v) is 7.78. The molecule has 0 saturated heterocycles. The lowest BCUT2D eigenvalue weighted by atomic mass is 10.0. The normalized spacial score (nSPS) is 10.2. The molecular formula is C13H14Br2O3. The SMILES string of the molecule is CCOC(=O)c1cc(CBr)cc(CC(=O)CBr)c1. The fourth-order valence-electron chi connectivity index (χ4n) is 1.55. The molecular weight excluding hydrogens is 364 g/mol. The summed E-state index contributed by atoms with van der Waals surface area (Å²) in [4.78, 5) is 23.1. The molecule has 0 aliphatic carbocycles. The Morgan fingerprint density at radius 1 is 1.17 bits per heavy atom. The summed E-state index contributed by atoms with van der Waals surface area (Å²) in [5, 5.41) is 0.954. The highest BCUT2D eigenvalue weighted by atomic mass is 79.9. The van der Waals surface area contributed by atoms with Crippen LogP contribution in [0.4, 0.5) is 0 Å². The second-order valence-corrected chi connectivity index (χ2v) is 4.86. The Morgan fingerprint density at radius 3 is 2.39 bits per heavy atom. The summed E-state index contributed by atoms with van der Waals surface area (Å²) in [7, 11) is 0. The number of alkyl halides is 2. The predicted molar refractivity (Wildman–Crippen MR) is 77.5 cm³/mol. The molecule has 0 spiro atoms. The summed E-state index contributed by atoms with van der Waals surface area (Å²) >= 11 is 6.48. The zero-order valence-corrected chi connectivity index (χ0v) is 13.2. The summed E-state index contributed by atoms with van der Waals surface area (Å²) in [6.45, 7) is 2.11. The number of carbonyl (C=O) groups is 2. The Kier molecular flexibility index (Phi) is 6.57. The molecule has 0 N–H and O–H groups in total. The lowest BCUT2D eigenvalue weighted by Gasteiger charge is -2.07. The molecule has 0 atom stereocenters. The molecule has 5 heteroatoms. The molecule has 0 aliphatic heterocycles. The third-order valence-corrected chi connectivity index (χ3v) is 3.54. The Hall–Kier alpha value is -0.680. The number of carbonyl (C=O) groups excluding carboxylic acids is 2. The Balaban J connectivity index is 3.01. The number of hydrogen-bond donors (Lipinski definition) is 0. The van der Waals surface area contributed by atoms with Crippen LogP contribution in [-0.2, 0) is 21.3 Å². The van der Waals surface area contributed by atoms with Gasteiger partial charge in [0.15, 0.2) is 0 Å². The highest BCUT2D eigenvalue weighted by Gasteiger charge is 2.11. The van der Waals surface area contributed by atoms with Crippen molar-refractivity contribution in [2.24, 2.45) is 0 Å². The van der Waals surface area contributed by atoms with Crippen LogP contribution in [0.5, 0.6) is 0 Å². The minimum atomic E-state index is -0.354. The molecule has 18 heavy (non-hydrogen) atoms. The highest BCUT2D eigenvalue weighted by Crippen LogP contribution is 2.15. The Bertz CT molecular complexity index is 444. The van der Waals surface area contributed by atoms with Crippen LogP contribution in [0.3, 0.4) is 0 Å². The molecule has 98 valence electrons. The first-order valence-electron chi connectivity index (χ1n) is 5.54. The van der Waals surface area contributed by atoms with Gasteiger partial charge in [0.05, 0.1) is 17.5 Å². The van der Waals surface area contributed by atoms with E-state index >= 15 is 0 Å². The lowest BCUT2D eigenvalue weighted by molar-refractivity contribution is -0.115. The van der Waals surface area contributed by atoms with Gasteiger partial charge in [-0.3, -0.25) is 4.79 Å². The second kappa shape index (κ2) is 7.69. The molecule has 0 unspecified atom stereocenters. The average molecular weight is 378 g/mol. The summed E-state index contributed by atoms with van der Waals surface area (Å²) < 4.78 is 4.97. The smallest absolute Gasteiger partial charge is 0.338 e. The van der Waals surface area contributed by atoms with E-state index in [-0.39, 0.29) is 11.8 Å². The number of ketones is 1. The van der Waals surface area contributed by atoms with Crippen molar-refractivity contribution in [2.45, 2.75) is 18.7 Å². The molecule has 0 heterocycles. The maximum Gasteiger partial charge on any atom is 0.338 e. The van der Waals surface area contributed by atoms with E-state index in [1.165, 1.54) is 0 Å². The first-order chi connectivity index (χ1) is 8.60. The van der Waals surface area contributed by atoms with Gasteiger partial charge in [0.2, 0.25) is 0 Å². The fraction of sp³-hybridized carbons (Fsp3) is 0.385. The maximum atomic E-state index is 11.7. The van der Waals surface area contributed by atoms with Gasteiger partial charge in [0.1, 0.15) is 5.78 Å². The first kappa shape index (κ1) is 15.4. The van der Waals surface area contributed by atoms with E-state index in [9.17, 15) is 9.59 Å². The van der Waals surface area contributed by atoms with Crippen molar-refractivity contribution in [3.63, 3.8) is 0 Å². The molecule has 0 amide bonds. The fourth-order valence-corrected chi connectivity index (χ4v) is 2.07. The van der Waals surface area contributed by atoms with Crippen LogP contribution < -0.4 is 0 Å². The lowest BCUT2D eigenvalue weighted by Crippen LogP contribution is -2.08. The Morgan fingerprint density at radius 2 is 1.83 bits per heavy atom. The van der Waals surface area contributed by atoms with E-state index in [0.29, 0.717) is 29.3 Å². The van der Waals surface area contributed by atoms with Gasteiger partial charge in [-0.05, 0) is 30.2 Å². The molecule has 1 aromatic rings. The minimum absolute atomic E-state index is 0.0801. The van der Waals surface area contributed by atoms with Gasteiger partial charge in [0.25, 0.3) is 0 Å². The Labute approximate surface area is 123 Å². The van der Waals surface area contributed by atoms with Crippen LogP contribution in [0.1, 0.15) is 28.4 Å². The van der Waals surface area contributed by atoms with Crippen molar-refractivity contribution in [3.8, 4) is 0 Å². The van der Waals surface area contributed by atoms with Gasteiger partial charge in [-0.15, -0.1) is 0 Å². The van der Waals surface area contributed by atoms with Crippen LogP contribution in [0.2, 0.25) is 0 Å². The summed E-state index contributed by atoms with van der Waals surface area (Å²) in [6, 6.07) is 5.40. The van der Waals surface area contributed by atoms with E-state index in [4.69, 9.17) is 4.74 Å². The summed E-state index contributed by atoms with van der Waals surface area (Å²) in [5.41, 5.74) is 2.28. The molecule has 0 bridgehead atoms. The summed E-state index contributed by atoms with van der Waals surface area (Å²) in [5.74, 6) is -0.274. The molecule has 0 radical (unpaired) electrons. The van der Waals surface area contributed by atoms with E-state index < -0.39 is 0 Å². The van der Waals surface area contributed by atoms with Gasteiger partial charge in [-0.2, -0.15) is 0 Å². The van der Waals surface area contributed by atoms with Crippen LogP contribution in [0.25, 0.3) is 0 Å². The topological polar surface area (TPSA) is 43.4 Å². The van der Waals surface area contributed by atoms with Crippen molar-refractivity contribution in [3.05, 3.63) is 34.9 Å². The molecule has 0 aromatic heterocycles. The number of Topliss-reactive ketones (excluding diaryl/α,β-unsaturated/α-hetero) is 1. The van der Waals surface area contributed by atoms with E-state index in [2.05, 4.69) is 31.9 Å². The summed E-state index contributed by atoms with van der Waals surface area (Å²) in [6.07, 6.45) is 0.318. The number of rotatable bonds is 6. The minimum Gasteiger partial charge on any atom is -0.462 e. The molecule has 3 nitrogen and oxygen atoms in total. The van der Waals surface area contributed by atoms with Crippen molar-refractivity contribution in [1.29, 1.82) is 0 Å². The molecule has 0 saturated carbocycles. The monoisotopic (exact) mass is 376 g/mol. The van der Waals surface area contributed by atoms with E-state index in [1.807, 2.05) is 6.07 Å². The molecule has 0 fully saturated rings. The third-order valence-electron chi connectivity index (χ3n) is 2.27. The van der Waals surface area contributed by atoms with Gasteiger partial charge in [-0.25, -0.2) is 4.79 Å². The van der Waals surface area contributed by atoms with Crippen LogP contribution in [0, 0.1) is 0 Å². The van der Waals surface area contributed by atoms with Crippen molar-refractivity contribution in [1.82, 2.24) is 0 Å². The van der Waals surface area contributed by atoms with E-state index in [0.717, 1.165) is 11.1 Å². The largest absolute Gasteiger partial charge is 0.462 e. The molecule has 0 aliphatic rings. The number of hydrogen-bond acceptors (Lipinski definition) is 3. The quantitative estimate of drug-likeness (QED) is 0.564. The van der Waals surface area contributed by atoms with Crippen LogP contribution in [0.15, 0.2) is 18.2 Å². The van der Waals surface area contributed by atoms with Crippen molar-refractivity contribution >= 4 is 43.6 Å². The van der Waals surface area contributed by atoms with Crippen LogP contribution >= 0.6 is 31.9 Å². The van der Waals surface area contributed by atoms with Crippen molar-refractivity contribution in [2.75, 3.05) is 11.9 Å². The van der Waals surface area contributed by atoms with Gasteiger partial charge >= 0.3 is 5.97 Å². The zero-order valence-electron chi connectivity index (χ0n) is 10.0. The van der Waals surface area contributed by atoms with Gasteiger partial charge < -0.3 is 4.74 Å². The zero-order chi connectivity index (χ0) is 13.5. The molecule has 1 aromatic carbocycles. The van der Waals surface area contributed by atoms with Crippen molar-refractivity contribution < 1.29 is 14.3 Å².